The van der Waals surface area contributed by atoms with Gasteiger partial charge in [-0.05, 0) is 83.4 Å². The first kappa shape index (κ1) is 25.7. The van der Waals surface area contributed by atoms with Crippen LogP contribution in [0.3, 0.4) is 0 Å². The Balaban J connectivity index is 1.29. The summed E-state index contributed by atoms with van der Waals surface area (Å²) in [5, 5.41) is 7.14. The van der Waals surface area contributed by atoms with Crippen LogP contribution in [-0.2, 0) is 0 Å². The molecule has 2 aliphatic rings. The molecule has 1 N–H and O–H groups in total. The number of quaternary nitrogens is 1. The summed E-state index contributed by atoms with van der Waals surface area (Å²) in [5.74, 6) is 0. The average molecular weight is 593 g/mol. The molecule has 3 heteroatoms. The Labute approximate surface area is 265 Å². The summed E-state index contributed by atoms with van der Waals surface area (Å²) in [5.41, 5.74) is 16.5. The number of furan rings is 2. The van der Waals surface area contributed by atoms with Crippen LogP contribution in [-0.4, -0.2) is 0 Å². The Morgan fingerprint density at radius 2 is 1.24 bits per heavy atom. The minimum atomic E-state index is 0.916. The van der Waals surface area contributed by atoms with E-state index in [9.17, 15) is 0 Å². The molecule has 0 spiro atoms. The number of benzene rings is 6. The van der Waals surface area contributed by atoms with Crippen molar-refractivity contribution in [1.29, 1.82) is 0 Å². The molecule has 1 unspecified atom stereocenters. The van der Waals surface area contributed by atoms with Gasteiger partial charge in [-0.2, -0.15) is 0 Å². The highest BCUT2D eigenvalue weighted by Crippen LogP contribution is 2.51. The Kier molecular flexibility index (Phi) is 5.13. The van der Waals surface area contributed by atoms with Crippen LogP contribution in [0.1, 0.15) is 26.3 Å². The molecule has 1 atom stereocenters. The van der Waals surface area contributed by atoms with E-state index in [1.54, 1.807) is 0 Å². The lowest BCUT2D eigenvalue weighted by Crippen LogP contribution is -2.97. The molecule has 4 heterocycles. The third-order valence-corrected chi connectivity index (χ3v) is 10.2. The Morgan fingerprint density at radius 1 is 0.587 bits per heavy atom. The molecule has 0 amide bonds. The van der Waals surface area contributed by atoms with Gasteiger partial charge in [-0.3, -0.25) is 0 Å². The maximum atomic E-state index is 6.41. The van der Waals surface area contributed by atoms with Crippen molar-refractivity contribution in [2.24, 2.45) is 0 Å². The fraction of sp³-hybridized carbons (Fsp3) is 0.0698. The SMILES string of the molecule is CC=c1ccccc1=C(C)C1=C(C)[NH+]2c3cc4oc5ccccc5c4cc3-c3cc(-c4ccc5oc6ccccc6c5c4)cc1c32. The average Bonchev–Trinajstić information content (AvgIpc) is 3.82. The van der Waals surface area contributed by atoms with Crippen molar-refractivity contribution in [3.05, 3.63) is 137 Å². The highest BCUT2D eigenvalue weighted by Gasteiger charge is 2.44. The van der Waals surface area contributed by atoms with E-state index in [0.29, 0.717) is 0 Å². The minimum Gasteiger partial charge on any atom is -0.456 e. The van der Waals surface area contributed by atoms with Crippen molar-refractivity contribution >= 4 is 72.5 Å². The molecule has 0 aliphatic carbocycles. The molecule has 0 saturated heterocycles. The molecule has 6 aromatic carbocycles. The number of hydrogen-bond acceptors (Lipinski definition) is 2. The predicted octanol–water partition coefficient (Wildman–Crippen LogP) is 9.40. The summed E-state index contributed by atoms with van der Waals surface area (Å²) < 4.78 is 12.6. The number of nitrogens with one attached hydrogen (secondary N) is 1. The van der Waals surface area contributed by atoms with Gasteiger partial charge in [-0.15, -0.1) is 0 Å². The lowest BCUT2D eigenvalue weighted by Gasteiger charge is -2.11. The number of rotatable bonds is 2. The Morgan fingerprint density at radius 3 is 2.02 bits per heavy atom. The lowest BCUT2D eigenvalue weighted by atomic mass is 9.89. The first-order chi connectivity index (χ1) is 22.6. The quantitative estimate of drug-likeness (QED) is 0.217. The van der Waals surface area contributed by atoms with Crippen LogP contribution in [0.2, 0.25) is 0 Å². The highest BCUT2D eigenvalue weighted by atomic mass is 16.3. The van der Waals surface area contributed by atoms with Crippen molar-refractivity contribution < 1.29 is 13.7 Å². The first-order valence-electron chi connectivity index (χ1n) is 16.0. The second kappa shape index (κ2) is 9.20. The fourth-order valence-corrected chi connectivity index (χ4v) is 8.15. The summed E-state index contributed by atoms with van der Waals surface area (Å²) in [4.78, 5) is 1.33. The number of para-hydroxylation sites is 2. The van der Waals surface area contributed by atoms with Gasteiger partial charge in [0.15, 0.2) is 11.4 Å². The van der Waals surface area contributed by atoms with Crippen molar-refractivity contribution in [3.8, 4) is 22.3 Å². The van der Waals surface area contributed by atoms with Crippen LogP contribution >= 0.6 is 0 Å². The molecule has 0 bridgehead atoms. The lowest BCUT2D eigenvalue weighted by molar-refractivity contribution is -0.706. The van der Waals surface area contributed by atoms with Crippen LogP contribution in [0, 0.1) is 0 Å². The van der Waals surface area contributed by atoms with Crippen LogP contribution < -0.4 is 15.3 Å². The van der Waals surface area contributed by atoms with Crippen LogP contribution in [0.4, 0.5) is 11.4 Å². The predicted molar refractivity (Wildman–Crippen MR) is 190 cm³/mol. The maximum absolute atomic E-state index is 6.41. The van der Waals surface area contributed by atoms with Gasteiger partial charge >= 0.3 is 0 Å². The molecule has 218 valence electrons. The molecule has 2 aliphatic heterocycles. The van der Waals surface area contributed by atoms with Crippen molar-refractivity contribution in [2.45, 2.75) is 20.8 Å². The summed E-state index contributed by atoms with van der Waals surface area (Å²) in [6.45, 7) is 6.71. The van der Waals surface area contributed by atoms with Gasteiger partial charge in [0.2, 0.25) is 0 Å². The maximum Gasteiger partial charge on any atom is 0.157 e. The molecule has 0 fully saturated rings. The zero-order chi connectivity index (χ0) is 30.7. The number of allylic oxidation sites excluding steroid dienone is 2. The van der Waals surface area contributed by atoms with E-state index in [2.05, 4.69) is 124 Å². The smallest absolute Gasteiger partial charge is 0.157 e. The standard InChI is InChI=1S/C43H29NO2/c1-4-26-11-5-6-12-29(26)24(2)42-25(3)44-37-23-41-34(31-14-8-10-16-39(31)46-41)22-32(37)35-20-28(21-36(42)43(35)44)27-17-18-40-33(19-27)30-13-7-9-15-38(30)45-40/h4-23H,1-3H3/p+1. The minimum absolute atomic E-state index is 0.916. The topological polar surface area (TPSA) is 30.7 Å². The number of fused-ring (bicyclic) bond motifs is 9. The van der Waals surface area contributed by atoms with Gasteiger partial charge in [0.1, 0.15) is 28.0 Å². The van der Waals surface area contributed by atoms with Gasteiger partial charge in [-0.25, -0.2) is 4.90 Å². The van der Waals surface area contributed by atoms with Gasteiger partial charge in [0.05, 0.1) is 16.7 Å². The van der Waals surface area contributed by atoms with Gasteiger partial charge in [0, 0.05) is 40.1 Å². The van der Waals surface area contributed by atoms with Gasteiger partial charge < -0.3 is 8.83 Å². The summed E-state index contributed by atoms with van der Waals surface area (Å²) in [6.07, 6.45) is 2.21. The van der Waals surface area contributed by atoms with E-state index in [0.717, 1.165) is 43.9 Å². The second-order valence-corrected chi connectivity index (χ2v) is 12.6. The zero-order valence-corrected chi connectivity index (χ0v) is 25.9. The van der Waals surface area contributed by atoms with Gasteiger partial charge in [0.25, 0.3) is 0 Å². The first-order valence-corrected chi connectivity index (χ1v) is 16.0. The molecule has 0 radical (unpaired) electrons. The van der Waals surface area contributed by atoms with Crippen LogP contribution in [0.25, 0.3) is 83.4 Å². The van der Waals surface area contributed by atoms with Gasteiger partial charge in [-0.1, -0.05) is 72.8 Å². The third kappa shape index (κ3) is 3.35. The van der Waals surface area contributed by atoms with Crippen molar-refractivity contribution in [2.75, 3.05) is 0 Å². The molecular weight excluding hydrogens is 562 g/mol. The van der Waals surface area contributed by atoms with E-state index in [1.807, 2.05) is 18.2 Å². The van der Waals surface area contributed by atoms with E-state index in [-0.39, 0.29) is 0 Å². The van der Waals surface area contributed by atoms with Crippen molar-refractivity contribution in [3.63, 3.8) is 0 Å². The fourth-order valence-electron chi connectivity index (χ4n) is 8.15. The summed E-state index contributed by atoms with van der Waals surface area (Å²) in [6, 6.07) is 41.5. The molecule has 46 heavy (non-hydrogen) atoms. The second-order valence-electron chi connectivity index (χ2n) is 12.6. The monoisotopic (exact) mass is 592 g/mol. The molecular formula is C43H30NO2+. The van der Waals surface area contributed by atoms with Crippen LogP contribution in [0.15, 0.2) is 130 Å². The molecule has 2 aromatic heterocycles. The summed E-state index contributed by atoms with van der Waals surface area (Å²) >= 11 is 0. The Hall–Kier alpha value is -5.64. The third-order valence-electron chi connectivity index (χ3n) is 10.2. The highest BCUT2D eigenvalue weighted by molar-refractivity contribution is 6.13. The zero-order valence-electron chi connectivity index (χ0n) is 25.9. The molecule has 0 saturated carbocycles. The Bertz CT molecular complexity index is 2790. The van der Waals surface area contributed by atoms with E-state index in [4.69, 9.17) is 8.83 Å². The van der Waals surface area contributed by atoms with E-state index in [1.165, 1.54) is 71.4 Å². The molecule has 3 nitrogen and oxygen atoms in total. The number of hydrogen-bond donors (Lipinski definition) is 1. The van der Waals surface area contributed by atoms with Crippen LogP contribution in [0.5, 0.6) is 0 Å². The molecule has 8 aromatic rings. The molecule has 10 rings (SSSR count). The largest absolute Gasteiger partial charge is 0.456 e. The normalized spacial score (nSPS) is 16.3. The summed E-state index contributed by atoms with van der Waals surface area (Å²) in [7, 11) is 0. The van der Waals surface area contributed by atoms with E-state index < -0.39 is 0 Å². The van der Waals surface area contributed by atoms with Crippen molar-refractivity contribution in [1.82, 2.24) is 0 Å². The van der Waals surface area contributed by atoms with E-state index >= 15 is 0 Å².